The molecular weight excluding hydrogens is 285 g/mol. The number of rotatable bonds is 9. The van der Waals surface area contributed by atoms with E-state index in [-0.39, 0.29) is 24.4 Å². The Labute approximate surface area is 131 Å². The number of nitrogens with two attached hydrogens (primary N) is 2. The van der Waals surface area contributed by atoms with Crippen molar-refractivity contribution in [1.29, 1.82) is 0 Å². The maximum absolute atomic E-state index is 12.8. The minimum Gasteiger partial charge on any atom is -0.394 e. The molecule has 0 aromatic heterocycles. The second-order valence-corrected chi connectivity index (χ2v) is 5.49. The van der Waals surface area contributed by atoms with Crippen LogP contribution in [0.2, 0.25) is 0 Å². The van der Waals surface area contributed by atoms with Crippen LogP contribution in [-0.2, 0) is 11.2 Å². The van der Waals surface area contributed by atoms with E-state index in [1.54, 1.807) is 19.2 Å². The van der Waals surface area contributed by atoms with Gasteiger partial charge in [-0.3, -0.25) is 4.79 Å². The molecule has 0 bridgehead atoms. The van der Waals surface area contributed by atoms with Gasteiger partial charge in [0.15, 0.2) is 0 Å². The van der Waals surface area contributed by atoms with Crippen LogP contribution in [0.4, 0.5) is 4.39 Å². The van der Waals surface area contributed by atoms with Crippen LogP contribution in [0.3, 0.4) is 0 Å². The fourth-order valence-corrected chi connectivity index (χ4v) is 2.30. The zero-order valence-electron chi connectivity index (χ0n) is 13.0. The van der Waals surface area contributed by atoms with E-state index in [2.05, 4.69) is 0 Å². The Hall–Kier alpha value is -1.50. The molecule has 0 fully saturated rings. The molecule has 0 saturated carbocycles. The first-order valence-electron chi connectivity index (χ1n) is 7.57. The summed E-state index contributed by atoms with van der Waals surface area (Å²) >= 11 is 0. The van der Waals surface area contributed by atoms with Crippen molar-refractivity contribution in [2.24, 2.45) is 11.5 Å². The van der Waals surface area contributed by atoms with Crippen LogP contribution in [-0.4, -0.2) is 48.2 Å². The van der Waals surface area contributed by atoms with E-state index in [1.807, 2.05) is 0 Å². The van der Waals surface area contributed by atoms with E-state index >= 15 is 0 Å². The summed E-state index contributed by atoms with van der Waals surface area (Å²) in [6.45, 7) is 0.419. The lowest BCUT2D eigenvalue weighted by Crippen LogP contribution is -2.48. The lowest BCUT2D eigenvalue weighted by molar-refractivity contribution is -0.134. The van der Waals surface area contributed by atoms with Crippen molar-refractivity contribution in [3.63, 3.8) is 0 Å². The molecule has 0 unspecified atom stereocenters. The number of amides is 1. The van der Waals surface area contributed by atoms with E-state index < -0.39 is 6.04 Å². The standard InChI is InChI=1S/C16H26FN3O2/c1-20(14(11-21)3-2-10-18)16(22)15(19)9-6-12-4-7-13(17)8-5-12/h4-5,7-8,14-15,21H,2-3,6,9-11,18-19H2,1H3/t14-,15-/m0/s1. The van der Waals surface area contributed by atoms with E-state index in [0.29, 0.717) is 25.8 Å². The van der Waals surface area contributed by atoms with Crippen LogP contribution in [0.25, 0.3) is 0 Å². The molecule has 1 rings (SSSR count). The van der Waals surface area contributed by atoms with Crippen molar-refractivity contribution in [1.82, 2.24) is 4.90 Å². The molecule has 22 heavy (non-hydrogen) atoms. The predicted octanol–water partition coefficient (Wildman–Crippen LogP) is 0.644. The Morgan fingerprint density at radius 3 is 2.50 bits per heavy atom. The first-order chi connectivity index (χ1) is 10.5. The van der Waals surface area contributed by atoms with Crippen molar-refractivity contribution in [3.8, 4) is 0 Å². The normalized spacial score (nSPS) is 13.7. The van der Waals surface area contributed by atoms with Crippen molar-refractivity contribution >= 4 is 5.91 Å². The second kappa shape index (κ2) is 9.50. The molecular formula is C16H26FN3O2. The zero-order valence-corrected chi connectivity index (χ0v) is 13.0. The minimum absolute atomic E-state index is 0.104. The number of aliphatic hydroxyl groups is 1. The summed E-state index contributed by atoms with van der Waals surface area (Å²) in [4.78, 5) is 13.8. The Bertz CT molecular complexity index is 453. The number of aryl methyl sites for hydroxylation is 1. The average molecular weight is 311 g/mol. The van der Waals surface area contributed by atoms with Crippen molar-refractivity contribution in [2.75, 3.05) is 20.2 Å². The summed E-state index contributed by atoms with van der Waals surface area (Å²) < 4.78 is 12.8. The SMILES string of the molecule is CN(C(=O)[C@@H](N)CCc1ccc(F)cc1)[C@H](CO)CCCN. The Morgan fingerprint density at radius 1 is 1.32 bits per heavy atom. The highest BCUT2D eigenvalue weighted by molar-refractivity contribution is 5.81. The summed E-state index contributed by atoms with van der Waals surface area (Å²) in [5, 5.41) is 9.38. The van der Waals surface area contributed by atoms with Crippen LogP contribution in [0.15, 0.2) is 24.3 Å². The van der Waals surface area contributed by atoms with Gasteiger partial charge in [-0.25, -0.2) is 4.39 Å². The van der Waals surface area contributed by atoms with E-state index in [1.165, 1.54) is 17.0 Å². The Kier molecular flexibility index (Phi) is 8.01. The molecule has 5 N–H and O–H groups in total. The predicted molar refractivity (Wildman–Crippen MR) is 84.6 cm³/mol. The fourth-order valence-electron chi connectivity index (χ4n) is 2.30. The number of carbonyl (C=O) groups excluding carboxylic acids is 1. The van der Waals surface area contributed by atoms with E-state index in [9.17, 15) is 14.3 Å². The third-order valence-electron chi connectivity index (χ3n) is 3.82. The molecule has 124 valence electrons. The lowest BCUT2D eigenvalue weighted by atomic mass is 10.0. The summed E-state index contributed by atoms with van der Waals surface area (Å²) in [6, 6.07) is 5.27. The molecule has 2 atom stereocenters. The Morgan fingerprint density at radius 2 is 1.95 bits per heavy atom. The van der Waals surface area contributed by atoms with Crippen LogP contribution in [0.5, 0.6) is 0 Å². The highest BCUT2D eigenvalue weighted by Gasteiger charge is 2.23. The largest absolute Gasteiger partial charge is 0.394 e. The van der Waals surface area contributed by atoms with Gasteiger partial charge >= 0.3 is 0 Å². The number of carbonyl (C=O) groups is 1. The molecule has 0 saturated heterocycles. The molecule has 1 aromatic carbocycles. The number of aliphatic hydroxyl groups excluding tert-OH is 1. The number of hydrogen-bond acceptors (Lipinski definition) is 4. The second-order valence-electron chi connectivity index (χ2n) is 5.49. The maximum atomic E-state index is 12.8. The molecule has 0 heterocycles. The van der Waals surface area contributed by atoms with Gasteiger partial charge in [0.1, 0.15) is 5.82 Å². The smallest absolute Gasteiger partial charge is 0.239 e. The fraction of sp³-hybridized carbons (Fsp3) is 0.562. The van der Waals surface area contributed by atoms with Crippen LogP contribution < -0.4 is 11.5 Å². The van der Waals surface area contributed by atoms with Gasteiger partial charge in [-0.05, 0) is 49.9 Å². The van der Waals surface area contributed by atoms with Gasteiger partial charge in [-0.15, -0.1) is 0 Å². The molecule has 0 aliphatic heterocycles. The molecule has 1 amide bonds. The lowest BCUT2D eigenvalue weighted by Gasteiger charge is -2.29. The van der Waals surface area contributed by atoms with Gasteiger partial charge in [-0.2, -0.15) is 0 Å². The Balaban J connectivity index is 2.50. The molecule has 0 aliphatic carbocycles. The topological polar surface area (TPSA) is 92.6 Å². The zero-order chi connectivity index (χ0) is 16.5. The quantitative estimate of drug-likeness (QED) is 0.624. The number of hydrogen-bond donors (Lipinski definition) is 3. The van der Waals surface area contributed by atoms with Gasteiger partial charge in [0.2, 0.25) is 5.91 Å². The molecule has 0 radical (unpaired) electrons. The van der Waals surface area contributed by atoms with Crippen molar-refractivity contribution in [2.45, 2.75) is 37.8 Å². The van der Waals surface area contributed by atoms with Gasteiger partial charge in [-0.1, -0.05) is 12.1 Å². The highest BCUT2D eigenvalue weighted by Crippen LogP contribution is 2.10. The van der Waals surface area contributed by atoms with E-state index in [4.69, 9.17) is 11.5 Å². The highest BCUT2D eigenvalue weighted by atomic mass is 19.1. The van der Waals surface area contributed by atoms with Crippen molar-refractivity contribution < 1.29 is 14.3 Å². The summed E-state index contributed by atoms with van der Waals surface area (Å²) in [5.41, 5.74) is 12.3. The molecule has 1 aromatic rings. The third-order valence-corrected chi connectivity index (χ3v) is 3.82. The maximum Gasteiger partial charge on any atom is 0.239 e. The summed E-state index contributed by atoms with van der Waals surface area (Å²) in [6.07, 6.45) is 2.48. The van der Waals surface area contributed by atoms with Gasteiger partial charge in [0, 0.05) is 7.05 Å². The molecule has 5 nitrogen and oxygen atoms in total. The average Bonchev–Trinajstić information content (AvgIpc) is 2.53. The first-order valence-corrected chi connectivity index (χ1v) is 7.57. The van der Waals surface area contributed by atoms with Crippen LogP contribution >= 0.6 is 0 Å². The van der Waals surface area contributed by atoms with Gasteiger partial charge in [0.25, 0.3) is 0 Å². The minimum atomic E-state index is -0.637. The molecule has 0 aliphatic rings. The van der Waals surface area contributed by atoms with E-state index in [0.717, 1.165) is 12.0 Å². The van der Waals surface area contributed by atoms with Crippen LogP contribution in [0, 0.1) is 5.82 Å². The summed E-state index contributed by atoms with van der Waals surface area (Å²) in [5.74, 6) is -0.479. The number of nitrogens with zero attached hydrogens (tertiary/aromatic N) is 1. The van der Waals surface area contributed by atoms with Crippen molar-refractivity contribution in [3.05, 3.63) is 35.6 Å². The number of likely N-dealkylation sites (N-methyl/N-ethyl adjacent to an activating group) is 1. The first kappa shape index (κ1) is 18.5. The molecule has 0 spiro atoms. The number of benzene rings is 1. The van der Waals surface area contributed by atoms with Crippen LogP contribution in [0.1, 0.15) is 24.8 Å². The summed E-state index contributed by atoms with van der Waals surface area (Å²) in [7, 11) is 1.65. The molecule has 6 heteroatoms. The van der Waals surface area contributed by atoms with Gasteiger partial charge in [0.05, 0.1) is 18.7 Å². The number of halogens is 1. The van der Waals surface area contributed by atoms with Gasteiger partial charge < -0.3 is 21.5 Å². The third kappa shape index (κ3) is 5.71. The monoisotopic (exact) mass is 311 g/mol.